The summed E-state index contributed by atoms with van der Waals surface area (Å²) in [6.45, 7) is 1.92. The van der Waals surface area contributed by atoms with Crippen LogP contribution in [0.25, 0.3) is 11.3 Å². The molecule has 1 aliphatic heterocycles. The number of carbonyl (C=O) groups is 1. The Kier molecular flexibility index (Phi) is 5.54. The first-order chi connectivity index (χ1) is 16.5. The molecular weight excluding hydrogens is 473 g/mol. The second-order valence-electron chi connectivity index (χ2n) is 8.66. The maximum Gasteiger partial charge on any atom is 0.573 e. The number of fused-ring (bicyclic) bond motifs is 2. The van der Waals surface area contributed by atoms with Gasteiger partial charge >= 0.3 is 6.36 Å². The zero-order chi connectivity index (χ0) is 25.1. The van der Waals surface area contributed by atoms with Gasteiger partial charge < -0.3 is 14.7 Å². The van der Waals surface area contributed by atoms with Crippen LogP contribution in [0.1, 0.15) is 35.3 Å². The molecule has 1 aromatic heterocycles. The second-order valence-corrected chi connectivity index (χ2v) is 8.66. The van der Waals surface area contributed by atoms with Crippen LogP contribution in [0, 0.1) is 11.6 Å². The van der Waals surface area contributed by atoms with Crippen molar-refractivity contribution in [3.63, 3.8) is 0 Å². The van der Waals surface area contributed by atoms with Crippen LogP contribution < -0.4 is 4.74 Å². The van der Waals surface area contributed by atoms with Crippen molar-refractivity contribution in [1.82, 2.24) is 14.7 Å². The third-order valence-corrected chi connectivity index (χ3v) is 6.43. The van der Waals surface area contributed by atoms with E-state index in [1.165, 1.54) is 23.7 Å². The van der Waals surface area contributed by atoms with Crippen LogP contribution in [-0.4, -0.2) is 44.7 Å². The summed E-state index contributed by atoms with van der Waals surface area (Å²) >= 11 is 0. The molecule has 0 unspecified atom stereocenters. The van der Waals surface area contributed by atoms with Crippen molar-refractivity contribution < 1.29 is 36.6 Å². The van der Waals surface area contributed by atoms with Gasteiger partial charge in [-0.15, -0.1) is 13.2 Å². The summed E-state index contributed by atoms with van der Waals surface area (Å²) in [6.07, 6.45) is -5.67. The first-order valence-electron chi connectivity index (χ1n) is 10.9. The van der Waals surface area contributed by atoms with E-state index in [0.29, 0.717) is 35.5 Å². The van der Waals surface area contributed by atoms with E-state index in [4.69, 9.17) is 0 Å². The summed E-state index contributed by atoms with van der Waals surface area (Å²) in [7, 11) is 0. The molecule has 0 saturated carbocycles. The van der Waals surface area contributed by atoms with Crippen molar-refractivity contribution >= 4 is 5.91 Å². The second kappa shape index (κ2) is 8.33. The summed E-state index contributed by atoms with van der Waals surface area (Å²) in [5.74, 6) is -2.17. The van der Waals surface area contributed by atoms with Crippen molar-refractivity contribution in [3.05, 3.63) is 70.4 Å². The summed E-state index contributed by atoms with van der Waals surface area (Å²) in [5, 5.41) is 15.4. The number of alkyl halides is 3. The van der Waals surface area contributed by atoms with Gasteiger partial charge in [0.15, 0.2) is 0 Å². The Morgan fingerprint density at radius 2 is 1.94 bits per heavy atom. The normalized spacial score (nSPS) is 19.5. The number of halogens is 5. The predicted molar refractivity (Wildman–Crippen MR) is 113 cm³/mol. The lowest BCUT2D eigenvalue weighted by atomic mass is 9.99. The molecule has 2 atom stereocenters. The third kappa shape index (κ3) is 4.24. The SMILES string of the molecule is CC(=O)N1CCc2c(c(-c3cccc(OC(F)(F)F)c3)nn2[C@H]2c3cc(F)cc(F)c3C[C@@H]2O)C1. The monoisotopic (exact) mass is 493 g/mol. The molecule has 35 heavy (non-hydrogen) atoms. The van der Waals surface area contributed by atoms with Gasteiger partial charge in [0, 0.05) is 55.7 Å². The number of amides is 1. The van der Waals surface area contributed by atoms with E-state index in [-0.39, 0.29) is 30.0 Å². The number of aromatic nitrogens is 2. The molecule has 2 heterocycles. The zero-order valence-electron chi connectivity index (χ0n) is 18.4. The third-order valence-electron chi connectivity index (χ3n) is 6.43. The summed E-state index contributed by atoms with van der Waals surface area (Å²) in [5.41, 5.74) is 2.29. The Labute approximate surface area is 196 Å². The van der Waals surface area contributed by atoms with Gasteiger partial charge in [-0.2, -0.15) is 5.10 Å². The number of rotatable bonds is 3. The predicted octanol–water partition coefficient (Wildman–Crippen LogP) is 4.14. The first-order valence-corrected chi connectivity index (χ1v) is 10.9. The van der Waals surface area contributed by atoms with Crippen molar-refractivity contribution in [1.29, 1.82) is 0 Å². The van der Waals surface area contributed by atoms with Crippen LogP contribution in [0.15, 0.2) is 36.4 Å². The lowest BCUT2D eigenvalue weighted by molar-refractivity contribution is -0.274. The van der Waals surface area contributed by atoms with E-state index < -0.39 is 35.9 Å². The van der Waals surface area contributed by atoms with E-state index in [2.05, 4.69) is 9.84 Å². The summed E-state index contributed by atoms with van der Waals surface area (Å²) in [6, 6.07) is 6.32. The maximum absolute atomic E-state index is 14.4. The molecule has 0 bridgehead atoms. The molecule has 1 amide bonds. The molecule has 2 aromatic carbocycles. The molecule has 0 fully saturated rings. The Hall–Kier alpha value is -3.47. The van der Waals surface area contributed by atoms with Crippen LogP contribution in [0.5, 0.6) is 5.75 Å². The van der Waals surface area contributed by atoms with Crippen LogP contribution in [0.3, 0.4) is 0 Å². The highest BCUT2D eigenvalue weighted by atomic mass is 19.4. The average molecular weight is 493 g/mol. The standard InChI is InChI=1S/C24H20F5N3O3/c1-12(33)31-6-5-20-18(11-31)22(13-3-2-4-15(7-13)35-24(27,28)29)30-32(20)23-17-8-14(25)9-19(26)16(17)10-21(23)34/h2-4,7-9,21,23,34H,5-6,10-11H2,1H3/t21-,23-/m0/s1. The Morgan fingerprint density at radius 3 is 2.66 bits per heavy atom. The fourth-order valence-electron chi connectivity index (χ4n) is 4.94. The molecule has 0 radical (unpaired) electrons. The molecule has 3 aromatic rings. The fourth-order valence-corrected chi connectivity index (χ4v) is 4.94. The quantitative estimate of drug-likeness (QED) is 0.557. The zero-order valence-corrected chi connectivity index (χ0v) is 18.4. The van der Waals surface area contributed by atoms with E-state index in [0.717, 1.165) is 18.2 Å². The molecule has 0 saturated heterocycles. The van der Waals surface area contributed by atoms with E-state index >= 15 is 0 Å². The van der Waals surface area contributed by atoms with Crippen molar-refractivity contribution in [3.8, 4) is 17.0 Å². The van der Waals surface area contributed by atoms with E-state index in [1.54, 1.807) is 11.0 Å². The number of nitrogens with zero attached hydrogens (tertiary/aromatic N) is 3. The van der Waals surface area contributed by atoms with Crippen molar-refractivity contribution in [2.45, 2.75) is 44.8 Å². The molecule has 6 nitrogen and oxygen atoms in total. The highest BCUT2D eigenvalue weighted by Gasteiger charge is 2.39. The molecule has 1 aliphatic carbocycles. The number of aliphatic hydroxyl groups is 1. The van der Waals surface area contributed by atoms with Gasteiger partial charge in [-0.1, -0.05) is 12.1 Å². The first kappa shape index (κ1) is 23.3. The topological polar surface area (TPSA) is 67.6 Å². The molecule has 1 N–H and O–H groups in total. The number of benzene rings is 2. The van der Waals surface area contributed by atoms with Gasteiger partial charge in [-0.05, 0) is 29.3 Å². The summed E-state index contributed by atoms with van der Waals surface area (Å²) < 4.78 is 72.3. The largest absolute Gasteiger partial charge is 0.573 e. The van der Waals surface area contributed by atoms with Gasteiger partial charge in [0.25, 0.3) is 0 Å². The Morgan fingerprint density at radius 1 is 1.17 bits per heavy atom. The number of hydrogen-bond donors (Lipinski definition) is 1. The van der Waals surface area contributed by atoms with Gasteiger partial charge in [0.1, 0.15) is 23.4 Å². The van der Waals surface area contributed by atoms with Gasteiger partial charge in [-0.3, -0.25) is 9.48 Å². The molecule has 0 spiro atoms. The molecule has 2 aliphatic rings. The average Bonchev–Trinajstić information content (AvgIpc) is 3.29. The lowest BCUT2D eigenvalue weighted by Gasteiger charge is -2.28. The molecule has 11 heteroatoms. The van der Waals surface area contributed by atoms with Crippen LogP contribution in [-0.2, 0) is 24.2 Å². The minimum atomic E-state index is -4.88. The minimum absolute atomic E-state index is 0.0371. The molecular formula is C24H20F5N3O3. The van der Waals surface area contributed by atoms with Crippen molar-refractivity contribution in [2.24, 2.45) is 0 Å². The number of ether oxygens (including phenoxy) is 1. The smallest absolute Gasteiger partial charge is 0.406 e. The summed E-state index contributed by atoms with van der Waals surface area (Å²) in [4.78, 5) is 13.6. The highest BCUT2D eigenvalue weighted by molar-refractivity contribution is 5.75. The lowest BCUT2D eigenvalue weighted by Crippen LogP contribution is -2.35. The van der Waals surface area contributed by atoms with Crippen LogP contribution >= 0.6 is 0 Å². The Bertz CT molecular complexity index is 1320. The van der Waals surface area contributed by atoms with E-state index in [1.807, 2.05) is 0 Å². The molecule has 184 valence electrons. The van der Waals surface area contributed by atoms with Crippen LogP contribution in [0.4, 0.5) is 22.0 Å². The highest BCUT2D eigenvalue weighted by Crippen LogP contribution is 2.41. The molecule has 5 rings (SSSR count). The van der Waals surface area contributed by atoms with E-state index in [9.17, 15) is 31.9 Å². The van der Waals surface area contributed by atoms with Gasteiger partial charge in [0.2, 0.25) is 5.91 Å². The Balaban J connectivity index is 1.66. The number of aliphatic hydroxyl groups excluding tert-OH is 1. The minimum Gasteiger partial charge on any atom is -0.406 e. The fraction of sp³-hybridized carbons (Fsp3) is 0.333. The van der Waals surface area contributed by atoms with Crippen molar-refractivity contribution in [2.75, 3.05) is 6.54 Å². The van der Waals surface area contributed by atoms with Gasteiger partial charge in [-0.25, -0.2) is 8.78 Å². The van der Waals surface area contributed by atoms with Crippen LogP contribution in [0.2, 0.25) is 0 Å². The number of carbonyl (C=O) groups excluding carboxylic acids is 1. The maximum atomic E-state index is 14.4. The van der Waals surface area contributed by atoms with Gasteiger partial charge in [0.05, 0.1) is 11.8 Å². The number of hydrogen-bond acceptors (Lipinski definition) is 4.